The van der Waals surface area contributed by atoms with E-state index in [2.05, 4.69) is 19.2 Å². The molecule has 1 rings (SSSR count). The van der Waals surface area contributed by atoms with Gasteiger partial charge in [0.25, 0.3) is 0 Å². The molecule has 0 aromatic heterocycles. The summed E-state index contributed by atoms with van der Waals surface area (Å²) in [6, 6.07) is 6.16. The van der Waals surface area contributed by atoms with Crippen molar-refractivity contribution in [3.63, 3.8) is 0 Å². The molecule has 4 heteroatoms. The van der Waals surface area contributed by atoms with Crippen molar-refractivity contribution >= 4 is 17.5 Å². The molecule has 1 aromatic rings. The minimum Gasteiger partial charge on any atom is -0.340 e. The molecule has 0 aliphatic rings. The molecule has 0 heterocycles. The normalized spacial score (nSPS) is 10.9. The standard InChI is InChI=1S/C18H28N2O2/c1-12(2)16-9-7-8-14(5)18(16)19-17(22)10-11-20(13(3)4)15(6)21/h7-9,12-13H,10-11H2,1-6H3,(H,19,22). The number of hydrogen-bond donors (Lipinski definition) is 1. The Morgan fingerprint density at radius 2 is 1.82 bits per heavy atom. The number of hydrogen-bond acceptors (Lipinski definition) is 2. The van der Waals surface area contributed by atoms with Gasteiger partial charge in [-0.2, -0.15) is 0 Å². The lowest BCUT2D eigenvalue weighted by Gasteiger charge is -2.25. The molecule has 0 atom stereocenters. The molecule has 0 bridgehead atoms. The summed E-state index contributed by atoms with van der Waals surface area (Å²) in [7, 11) is 0. The highest BCUT2D eigenvalue weighted by Crippen LogP contribution is 2.27. The Labute approximate surface area is 133 Å². The monoisotopic (exact) mass is 304 g/mol. The first-order chi connectivity index (χ1) is 10.2. The first-order valence-corrected chi connectivity index (χ1v) is 7.90. The molecular weight excluding hydrogens is 276 g/mol. The zero-order valence-electron chi connectivity index (χ0n) is 14.6. The van der Waals surface area contributed by atoms with Crippen LogP contribution < -0.4 is 5.32 Å². The number of aryl methyl sites for hydroxylation is 1. The number of para-hydroxylation sites is 1. The van der Waals surface area contributed by atoms with E-state index in [1.807, 2.05) is 39.0 Å². The number of carbonyl (C=O) groups is 2. The van der Waals surface area contributed by atoms with Crippen LogP contribution in [0, 0.1) is 6.92 Å². The topological polar surface area (TPSA) is 49.4 Å². The number of amides is 2. The van der Waals surface area contributed by atoms with Crippen molar-refractivity contribution < 1.29 is 9.59 Å². The first-order valence-electron chi connectivity index (χ1n) is 7.90. The van der Waals surface area contributed by atoms with Gasteiger partial charge in [-0.15, -0.1) is 0 Å². The summed E-state index contributed by atoms with van der Waals surface area (Å²) < 4.78 is 0. The van der Waals surface area contributed by atoms with Gasteiger partial charge in [0.15, 0.2) is 0 Å². The number of rotatable bonds is 6. The zero-order valence-corrected chi connectivity index (χ0v) is 14.6. The molecular formula is C18H28N2O2. The molecule has 4 nitrogen and oxygen atoms in total. The minimum atomic E-state index is -0.0527. The highest BCUT2D eigenvalue weighted by atomic mass is 16.2. The number of nitrogens with one attached hydrogen (secondary N) is 1. The average Bonchev–Trinajstić information content (AvgIpc) is 2.40. The third kappa shape index (κ3) is 4.86. The number of benzene rings is 1. The van der Waals surface area contributed by atoms with Crippen LogP contribution in [0.5, 0.6) is 0 Å². The molecule has 0 fully saturated rings. The van der Waals surface area contributed by atoms with Crippen LogP contribution in [0.1, 0.15) is 58.1 Å². The van der Waals surface area contributed by atoms with E-state index in [9.17, 15) is 9.59 Å². The Morgan fingerprint density at radius 3 is 2.32 bits per heavy atom. The van der Waals surface area contributed by atoms with Crippen LogP contribution in [0.3, 0.4) is 0 Å². The van der Waals surface area contributed by atoms with Crippen LogP contribution in [0.15, 0.2) is 18.2 Å². The lowest BCUT2D eigenvalue weighted by Crippen LogP contribution is -2.37. The van der Waals surface area contributed by atoms with Crippen molar-refractivity contribution in [1.29, 1.82) is 0 Å². The van der Waals surface area contributed by atoms with Crippen molar-refractivity contribution in [3.8, 4) is 0 Å². The van der Waals surface area contributed by atoms with Crippen molar-refractivity contribution in [3.05, 3.63) is 29.3 Å². The molecule has 2 amide bonds. The number of carbonyl (C=O) groups excluding carboxylic acids is 2. The van der Waals surface area contributed by atoms with E-state index in [4.69, 9.17) is 0 Å². The van der Waals surface area contributed by atoms with Crippen LogP contribution in [0.4, 0.5) is 5.69 Å². The van der Waals surface area contributed by atoms with E-state index in [-0.39, 0.29) is 17.9 Å². The molecule has 122 valence electrons. The summed E-state index contributed by atoms with van der Waals surface area (Å²) >= 11 is 0. The molecule has 1 N–H and O–H groups in total. The van der Waals surface area contributed by atoms with Crippen molar-refractivity contribution in [2.24, 2.45) is 0 Å². The fourth-order valence-electron chi connectivity index (χ4n) is 2.55. The van der Waals surface area contributed by atoms with Gasteiger partial charge < -0.3 is 10.2 Å². The maximum absolute atomic E-state index is 12.2. The molecule has 22 heavy (non-hydrogen) atoms. The fraction of sp³-hybridized carbons (Fsp3) is 0.556. The smallest absolute Gasteiger partial charge is 0.226 e. The van der Waals surface area contributed by atoms with Gasteiger partial charge in [-0.3, -0.25) is 9.59 Å². The Morgan fingerprint density at radius 1 is 1.18 bits per heavy atom. The van der Waals surface area contributed by atoms with E-state index < -0.39 is 0 Å². The largest absolute Gasteiger partial charge is 0.340 e. The third-order valence-corrected chi connectivity index (χ3v) is 3.80. The predicted molar refractivity (Wildman–Crippen MR) is 91.0 cm³/mol. The Kier molecular flexibility index (Phi) is 6.60. The second-order valence-corrected chi connectivity index (χ2v) is 6.30. The highest BCUT2D eigenvalue weighted by Gasteiger charge is 2.16. The zero-order chi connectivity index (χ0) is 16.9. The lowest BCUT2D eigenvalue weighted by molar-refractivity contribution is -0.130. The van der Waals surface area contributed by atoms with Gasteiger partial charge in [-0.05, 0) is 37.8 Å². The van der Waals surface area contributed by atoms with Gasteiger partial charge in [-0.25, -0.2) is 0 Å². The molecule has 0 aliphatic carbocycles. The second kappa shape index (κ2) is 7.97. The predicted octanol–water partition coefficient (Wildman–Crippen LogP) is 3.70. The van der Waals surface area contributed by atoms with Crippen LogP contribution >= 0.6 is 0 Å². The second-order valence-electron chi connectivity index (χ2n) is 6.30. The molecule has 0 aliphatic heterocycles. The van der Waals surface area contributed by atoms with Crippen LogP contribution in [-0.2, 0) is 9.59 Å². The summed E-state index contributed by atoms with van der Waals surface area (Å²) in [5.41, 5.74) is 3.11. The van der Waals surface area contributed by atoms with E-state index in [1.54, 1.807) is 4.90 Å². The Balaban J connectivity index is 2.76. The summed E-state index contributed by atoms with van der Waals surface area (Å²) in [4.78, 5) is 25.5. The van der Waals surface area contributed by atoms with E-state index >= 15 is 0 Å². The summed E-state index contributed by atoms with van der Waals surface area (Å²) in [6.45, 7) is 12.1. The van der Waals surface area contributed by atoms with E-state index in [1.165, 1.54) is 6.92 Å². The fourth-order valence-corrected chi connectivity index (χ4v) is 2.55. The van der Waals surface area contributed by atoms with Crippen LogP contribution in [-0.4, -0.2) is 29.3 Å². The van der Waals surface area contributed by atoms with Crippen molar-refractivity contribution in [1.82, 2.24) is 4.90 Å². The minimum absolute atomic E-state index is 0.00145. The van der Waals surface area contributed by atoms with Crippen LogP contribution in [0.2, 0.25) is 0 Å². The van der Waals surface area contributed by atoms with Gasteiger partial charge in [0.1, 0.15) is 0 Å². The number of anilines is 1. The lowest BCUT2D eigenvalue weighted by atomic mass is 9.98. The summed E-state index contributed by atoms with van der Waals surface area (Å²) in [6.07, 6.45) is 0.309. The number of nitrogens with zero attached hydrogens (tertiary/aromatic N) is 1. The van der Waals surface area contributed by atoms with Gasteiger partial charge in [0.2, 0.25) is 11.8 Å². The Bertz CT molecular complexity index is 536. The first kappa shape index (κ1) is 18.2. The summed E-state index contributed by atoms with van der Waals surface area (Å²) in [5, 5.41) is 3.02. The van der Waals surface area contributed by atoms with Crippen molar-refractivity contribution in [2.75, 3.05) is 11.9 Å². The van der Waals surface area contributed by atoms with Crippen molar-refractivity contribution in [2.45, 2.75) is 59.9 Å². The van der Waals surface area contributed by atoms with Gasteiger partial charge in [-0.1, -0.05) is 32.0 Å². The highest BCUT2D eigenvalue weighted by molar-refractivity contribution is 5.92. The third-order valence-electron chi connectivity index (χ3n) is 3.80. The van der Waals surface area contributed by atoms with Gasteiger partial charge in [0, 0.05) is 31.6 Å². The molecule has 0 saturated heterocycles. The average molecular weight is 304 g/mol. The van der Waals surface area contributed by atoms with Crippen LogP contribution in [0.25, 0.3) is 0 Å². The molecule has 0 saturated carbocycles. The molecule has 1 aromatic carbocycles. The van der Waals surface area contributed by atoms with Gasteiger partial charge in [0.05, 0.1) is 0 Å². The maximum atomic E-state index is 12.2. The van der Waals surface area contributed by atoms with E-state index in [0.29, 0.717) is 18.9 Å². The molecule has 0 spiro atoms. The maximum Gasteiger partial charge on any atom is 0.226 e. The summed E-state index contributed by atoms with van der Waals surface area (Å²) in [5.74, 6) is 0.296. The molecule has 0 unspecified atom stereocenters. The SMILES string of the molecule is CC(=O)N(CCC(=O)Nc1c(C)cccc1C(C)C)C(C)C. The van der Waals surface area contributed by atoms with Gasteiger partial charge >= 0.3 is 0 Å². The molecule has 0 radical (unpaired) electrons. The quantitative estimate of drug-likeness (QED) is 0.871. The Hall–Kier alpha value is -1.84. The van der Waals surface area contributed by atoms with E-state index in [0.717, 1.165) is 16.8 Å².